The lowest BCUT2D eigenvalue weighted by molar-refractivity contribution is 0.171. The summed E-state index contributed by atoms with van der Waals surface area (Å²) in [6, 6.07) is 5.53. The number of methoxy groups -OCH3 is 1. The second kappa shape index (κ2) is 3.93. The number of nitrogens with zero attached hydrogens (tertiary/aromatic N) is 1. The van der Waals surface area contributed by atoms with Gasteiger partial charge in [0.1, 0.15) is 0 Å². The molecule has 0 saturated heterocycles. The molecule has 1 heterocycles. The Labute approximate surface area is 87.3 Å². The average molecular weight is 203 g/mol. The molecular weight excluding hydrogens is 194 g/mol. The number of benzene rings is 1. The van der Waals surface area contributed by atoms with Crippen LogP contribution in [0.15, 0.2) is 18.2 Å². The van der Waals surface area contributed by atoms with Crippen LogP contribution in [0.1, 0.15) is 5.56 Å². The number of rotatable bonds is 2. The molecule has 0 bridgehead atoms. The number of fused-ring (bicyclic) bond motifs is 1. The summed E-state index contributed by atoms with van der Waals surface area (Å²) in [5, 5.41) is 8.42. The van der Waals surface area contributed by atoms with Gasteiger partial charge in [-0.05, 0) is 23.8 Å². The van der Waals surface area contributed by atoms with Gasteiger partial charge in [0, 0.05) is 6.08 Å². The van der Waals surface area contributed by atoms with Crippen LogP contribution in [0.4, 0.5) is 0 Å². The number of ether oxygens (including phenoxy) is 3. The van der Waals surface area contributed by atoms with Gasteiger partial charge in [-0.1, -0.05) is 0 Å². The van der Waals surface area contributed by atoms with Crippen molar-refractivity contribution >= 4 is 6.08 Å². The quantitative estimate of drug-likeness (QED) is 0.689. The van der Waals surface area contributed by atoms with E-state index in [0.29, 0.717) is 17.2 Å². The fraction of sp³-hybridized carbons (Fsp3) is 0.182. The summed E-state index contributed by atoms with van der Waals surface area (Å²) >= 11 is 0. The van der Waals surface area contributed by atoms with Gasteiger partial charge < -0.3 is 14.2 Å². The minimum Gasteiger partial charge on any atom is -0.493 e. The third kappa shape index (κ3) is 1.72. The Morgan fingerprint density at radius 1 is 1.47 bits per heavy atom. The van der Waals surface area contributed by atoms with E-state index in [1.165, 1.54) is 6.08 Å². The molecule has 4 heteroatoms. The molecule has 0 N–H and O–H groups in total. The van der Waals surface area contributed by atoms with Crippen molar-refractivity contribution in [1.29, 1.82) is 5.26 Å². The zero-order chi connectivity index (χ0) is 10.7. The van der Waals surface area contributed by atoms with Gasteiger partial charge in [-0.2, -0.15) is 5.26 Å². The van der Waals surface area contributed by atoms with Crippen molar-refractivity contribution in [2.45, 2.75) is 0 Å². The first-order valence-electron chi connectivity index (χ1n) is 4.39. The van der Waals surface area contributed by atoms with E-state index in [9.17, 15) is 0 Å². The second-order valence-corrected chi connectivity index (χ2v) is 2.92. The summed E-state index contributed by atoms with van der Waals surface area (Å²) in [5.41, 5.74) is 0.845. The molecule has 0 spiro atoms. The van der Waals surface area contributed by atoms with Crippen molar-refractivity contribution in [2.24, 2.45) is 0 Å². The molecular formula is C11H9NO3. The fourth-order valence-electron chi connectivity index (χ4n) is 1.38. The van der Waals surface area contributed by atoms with Crippen molar-refractivity contribution in [3.05, 3.63) is 23.8 Å². The van der Waals surface area contributed by atoms with Crippen molar-refractivity contribution in [2.75, 3.05) is 13.9 Å². The maximum Gasteiger partial charge on any atom is 0.231 e. The van der Waals surface area contributed by atoms with Crippen LogP contribution in [0.2, 0.25) is 0 Å². The standard InChI is InChI=1S/C11H9NO3/c1-13-9-5-8(3-2-4-12)6-10-11(9)15-7-14-10/h2-3,5-6H,7H2,1H3/b3-2+. The molecule has 2 rings (SSSR count). The summed E-state index contributed by atoms with van der Waals surface area (Å²) in [5.74, 6) is 1.88. The molecule has 0 saturated carbocycles. The molecule has 0 radical (unpaired) electrons. The average Bonchev–Trinajstić information content (AvgIpc) is 2.73. The first-order valence-corrected chi connectivity index (χ1v) is 4.39. The molecule has 0 unspecified atom stereocenters. The largest absolute Gasteiger partial charge is 0.493 e. The highest BCUT2D eigenvalue weighted by atomic mass is 16.7. The summed E-state index contributed by atoms with van der Waals surface area (Å²) in [6.07, 6.45) is 3.08. The van der Waals surface area contributed by atoms with E-state index in [-0.39, 0.29) is 6.79 Å². The van der Waals surface area contributed by atoms with E-state index in [1.807, 2.05) is 6.07 Å². The van der Waals surface area contributed by atoms with Crippen LogP contribution in [0.3, 0.4) is 0 Å². The normalized spacial score (nSPS) is 12.8. The van der Waals surface area contributed by atoms with E-state index in [1.54, 1.807) is 25.3 Å². The minimum atomic E-state index is 0.205. The fourth-order valence-corrected chi connectivity index (χ4v) is 1.38. The number of nitriles is 1. The molecule has 0 atom stereocenters. The first-order chi connectivity index (χ1) is 7.35. The minimum absolute atomic E-state index is 0.205. The Hall–Kier alpha value is -2.15. The molecule has 0 amide bonds. The Morgan fingerprint density at radius 2 is 2.33 bits per heavy atom. The van der Waals surface area contributed by atoms with Gasteiger partial charge in [0.2, 0.25) is 12.5 Å². The van der Waals surface area contributed by atoms with Crippen molar-refractivity contribution in [3.63, 3.8) is 0 Å². The lowest BCUT2D eigenvalue weighted by atomic mass is 10.1. The Kier molecular flexibility index (Phi) is 2.46. The van der Waals surface area contributed by atoms with Gasteiger partial charge in [0.15, 0.2) is 11.5 Å². The van der Waals surface area contributed by atoms with Crippen LogP contribution in [0.25, 0.3) is 6.08 Å². The van der Waals surface area contributed by atoms with Crippen LogP contribution >= 0.6 is 0 Å². The number of hydrogen-bond donors (Lipinski definition) is 0. The van der Waals surface area contributed by atoms with Crippen LogP contribution < -0.4 is 14.2 Å². The van der Waals surface area contributed by atoms with E-state index in [0.717, 1.165) is 5.56 Å². The lowest BCUT2D eigenvalue weighted by Crippen LogP contribution is -1.93. The number of allylic oxidation sites excluding steroid dienone is 1. The predicted octanol–water partition coefficient (Wildman–Crippen LogP) is 1.96. The monoisotopic (exact) mass is 203 g/mol. The highest BCUT2D eigenvalue weighted by molar-refractivity contribution is 5.63. The zero-order valence-corrected chi connectivity index (χ0v) is 8.19. The smallest absolute Gasteiger partial charge is 0.231 e. The highest BCUT2D eigenvalue weighted by Gasteiger charge is 2.19. The Morgan fingerprint density at radius 3 is 3.07 bits per heavy atom. The van der Waals surface area contributed by atoms with Crippen molar-refractivity contribution in [3.8, 4) is 23.3 Å². The third-order valence-electron chi connectivity index (χ3n) is 2.03. The Bertz CT molecular complexity index is 446. The second-order valence-electron chi connectivity index (χ2n) is 2.92. The van der Waals surface area contributed by atoms with E-state index < -0.39 is 0 Å². The molecule has 15 heavy (non-hydrogen) atoms. The highest BCUT2D eigenvalue weighted by Crippen LogP contribution is 2.41. The van der Waals surface area contributed by atoms with Gasteiger partial charge in [0.25, 0.3) is 0 Å². The zero-order valence-electron chi connectivity index (χ0n) is 8.19. The maximum absolute atomic E-state index is 8.42. The van der Waals surface area contributed by atoms with E-state index in [4.69, 9.17) is 19.5 Å². The van der Waals surface area contributed by atoms with Crippen LogP contribution in [0.5, 0.6) is 17.2 Å². The Balaban J connectivity index is 2.44. The SMILES string of the molecule is COc1cc(/C=C/C#N)cc2c1OCO2. The van der Waals surface area contributed by atoms with Crippen LogP contribution in [-0.4, -0.2) is 13.9 Å². The molecule has 0 aliphatic carbocycles. The van der Waals surface area contributed by atoms with Crippen LogP contribution in [0, 0.1) is 11.3 Å². The van der Waals surface area contributed by atoms with Gasteiger partial charge in [-0.3, -0.25) is 0 Å². The van der Waals surface area contributed by atoms with Crippen molar-refractivity contribution < 1.29 is 14.2 Å². The third-order valence-corrected chi connectivity index (χ3v) is 2.03. The maximum atomic E-state index is 8.42. The van der Waals surface area contributed by atoms with Gasteiger partial charge in [0.05, 0.1) is 13.2 Å². The molecule has 0 aromatic heterocycles. The summed E-state index contributed by atoms with van der Waals surface area (Å²) < 4.78 is 15.6. The molecule has 4 nitrogen and oxygen atoms in total. The predicted molar refractivity (Wildman–Crippen MR) is 53.8 cm³/mol. The molecule has 0 fully saturated rings. The number of hydrogen-bond acceptors (Lipinski definition) is 4. The summed E-state index contributed by atoms with van der Waals surface area (Å²) in [7, 11) is 1.56. The molecule has 1 aromatic carbocycles. The van der Waals surface area contributed by atoms with Gasteiger partial charge >= 0.3 is 0 Å². The van der Waals surface area contributed by atoms with Crippen LogP contribution in [-0.2, 0) is 0 Å². The van der Waals surface area contributed by atoms with Gasteiger partial charge in [-0.15, -0.1) is 0 Å². The van der Waals surface area contributed by atoms with E-state index >= 15 is 0 Å². The molecule has 1 aromatic rings. The van der Waals surface area contributed by atoms with Gasteiger partial charge in [-0.25, -0.2) is 0 Å². The molecule has 76 valence electrons. The summed E-state index contributed by atoms with van der Waals surface area (Å²) in [6.45, 7) is 0.205. The lowest BCUT2D eigenvalue weighted by Gasteiger charge is -2.05. The van der Waals surface area contributed by atoms with E-state index in [2.05, 4.69) is 0 Å². The first kappa shape index (κ1) is 9.41. The molecule has 1 aliphatic heterocycles. The topological polar surface area (TPSA) is 51.5 Å². The summed E-state index contributed by atoms with van der Waals surface area (Å²) in [4.78, 5) is 0. The molecule has 1 aliphatic rings. The van der Waals surface area contributed by atoms with Crippen molar-refractivity contribution in [1.82, 2.24) is 0 Å².